The number of aryl methyl sites for hydroxylation is 1. The van der Waals surface area contributed by atoms with Crippen LogP contribution in [0.2, 0.25) is 0 Å². The van der Waals surface area contributed by atoms with Crippen molar-refractivity contribution in [3.8, 4) is 0 Å². The van der Waals surface area contributed by atoms with E-state index in [1.165, 1.54) is 13.0 Å². The number of carbonyl (C=O) groups is 1. The second-order valence-corrected chi connectivity index (χ2v) is 4.70. The summed E-state index contributed by atoms with van der Waals surface area (Å²) < 4.78 is 42.7. The fourth-order valence-corrected chi connectivity index (χ4v) is 2.16. The monoisotopic (exact) mass is 273 g/mol. The molecule has 19 heavy (non-hydrogen) atoms. The molecular formula is C13H14F3NO2. The Hall–Kier alpha value is -1.40. The average molecular weight is 273 g/mol. The summed E-state index contributed by atoms with van der Waals surface area (Å²) in [7, 11) is 0. The number of carbonyl (C=O) groups excluding carboxylic acids is 1. The maximum atomic E-state index is 12.5. The number of hydrogen-bond donors (Lipinski definition) is 1. The van der Waals surface area contributed by atoms with Crippen LogP contribution in [0.25, 0.3) is 0 Å². The summed E-state index contributed by atoms with van der Waals surface area (Å²) in [6.07, 6.45) is -4.40. The quantitative estimate of drug-likeness (QED) is 0.840. The van der Waals surface area contributed by atoms with Crippen molar-refractivity contribution in [2.45, 2.75) is 19.1 Å². The van der Waals surface area contributed by atoms with Gasteiger partial charge in [-0.2, -0.15) is 13.2 Å². The van der Waals surface area contributed by atoms with Crippen LogP contribution in [-0.2, 0) is 10.9 Å². The minimum Gasteiger partial charge on any atom is -0.379 e. The van der Waals surface area contributed by atoms with Crippen LogP contribution in [0.3, 0.4) is 0 Å². The summed E-state index contributed by atoms with van der Waals surface area (Å²) in [5.41, 5.74) is 5.57. The second-order valence-electron chi connectivity index (χ2n) is 4.70. The molecule has 1 heterocycles. The molecule has 1 aromatic rings. The zero-order chi connectivity index (χ0) is 14.2. The lowest BCUT2D eigenvalue weighted by atomic mass is 9.90. The minimum atomic E-state index is -4.40. The molecule has 104 valence electrons. The van der Waals surface area contributed by atoms with Gasteiger partial charge in [-0.3, -0.25) is 4.79 Å². The highest BCUT2D eigenvalue weighted by molar-refractivity contribution is 5.99. The van der Waals surface area contributed by atoms with Crippen molar-refractivity contribution in [3.05, 3.63) is 34.9 Å². The fraction of sp³-hybridized carbons (Fsp3) is 0.462. The van der Waals surface area contributed by atoms with Gasteiger partial charge in [0.05, 0.1) is 24.7 Å². The summed E-state index contributed by atoms with van der Waals surface area (Å²) in [6, 6.07) is 2.72. The Labute approximate surface area is 108 Å². The van der Waals surface area contributed by atoms with Gasteiger partial charge in [-0.1, -0.05) is 6.07 Å². The number of ketones is 1. The first kappa shape index (κ1) is 14.0. The molecule has 1 aromatic carbocycles. The van der Waals surface area contributed by atoms with Gasteiger partial charge >= 0.3 is 6.18 Å². The molecule has 0 saturated carbocycles. The topological polar surface area (TPSA) is 52.3 Å². The fourth-order valence-electron chi connectivity index (χ4n) is 2.16. The lowest BCUT2D eigenvalue weighted by Gasteiger charge is -2.15. The highest BCUT2D eigenvalue weighted by Gasteiger charge is 2.34. The van der Waals surface area contributed by atoms with E-state index in [0.29, 0.717) is 12.2 Å². The number of benzene rings is 1. The van der Waals surface area contributed by atoms with Crippen molar-refractivity contribution in [2.75, 3.05) is 13.2 Å². The molecule has 0 radical (unpaired) electrons. The molecule has 2 N–H and O–H groups in total. The predicted molar refractivity (Wildman–Crippen MR) is 62.8 cm³/mol. The first-order chi connectivity index (χ1) is 8.80. The molecule has 2 atom stereocenters. The Bertz CT molecular complexity index is 499. The minimum absolute atomic E-state index is 0.223. The molecule has 0 spiro atoms. The van der Waals surface area contributed by atoms with Gasteiger partial charge in [0.15, 0.2) is 5.78 Å². The lowest BCUT2D eigenvalue weighted by Crippen LogP contribution is -2.34. The molecular weight excluding hydrogens is 259 g/mol. The van der Waals surface area contributed by atoms with Gasteiger partial charge in [0.2, 0.25) is 0 Å². The van der Waals surface area contributed by atoms with Crippen molar-refractivity contribution < 1.29 is 22.7 Å². The van der Waals surface area contributed by atoms with Crippen molar-refractivity contribution in [2.24, 2.45) is 11.7 Å². The predicted octanol–water partition coefficient (Wildman–Crippen LogP) is 2.17. The van der Waals surface area contributed by atoms with Crippen LogP contribution < -0.4 is 5.73 Å². The van der Waals surface area contributed by atoms with E-state index < -0.39 is 23.7 Å². The van der Waals surface area contributed by atoms with Gasteiger partial charge in [0.1, 0.15) is 0 Å². The summed E-state index contributed by atoms with van der Waals surface area (Å²) >= 11 is 0. The molecule has 1 fully saturated rings. The molecule has 1 aliphatic rings. The highest BCUT2D eigenvalue weighted by Crippen LogP contribution is 2.31. The first-order valence-corrected chi connectivity index (χ1v) is 5.86. The lowest BCUT2D eigenvalue weighted by molar-refractivity contribution is -0.137. The maximum Gasteiger partial charge on any atom is 0.416 e. The molecule has 1 aliphatic heterocycles. The number of alkyl halides is 3. The number of ether oxygens (including phenoxy) is 1. The molecule has 0 aromatic heterocycles. The van der Waals surface area contributed by atoms with Gasteiger partial charge in [-0.25, -0.2) is 0 Å². The first-order valence-electron chi connectivity index (χ1n) is 5.86. The smallest absolute Gasteiger partial charge is 0.379 e. The third-order valence-corrected chi connectivity index (χ3v) is 3.28. The molecule has 2 rings (SSSR count). The van der Waals surface area contributed by atoms with Gasteiger partial charge in [0.25, 0.3) is 0 Å². The van der Waals surface area contributed by atoms with Crippen LogP contribution in [0.15, 0.2) is 18.2 Å². The van der Waals surface area contributed by atoms with E-state index in [2.05, 4.69) is 0 Å². The van der Waals surface area contributed by atoms with Gasteiger partial charge in [-0.05, 0) is 24.6 Å². The molecule has 1 saturated heterocycles. The maximum absolute atomic E-state index is 12.5. The SMILES string of the molecule is Cc1cc(C(F)(F)F)ccc1C(=O)C1COCC1N. The van der Waals surface area contributed by atoms with Gasteiger partial charge in [0, 0.05) is 11.6 Å². The van der Waals surface area contributed by atoms with Crippen LogP contribution in [0.5, 0.6) is 0 Å². The Morgan fingerprint density at radius 3 is 2.53 bits per heavy atom. The number of Topliss-reactive ketones (excluding diaryl/α,β-unsaturated/α-hetero) is 1. The van der Waals surface area contributed by atoms with Gasteiger partial charge in [-0.15, -0.1) is 0 Å². The van der Waals surface area contributed by atoms with Crippen LogP contribution in [-0.4, -0.2) is 25.0 Å². The molecule has 0 bridgehead atoms. The van der Waals surface area contributed by atoms with Crippen LogP contribution in [0.4, 0.5) is 13.2 Å². The second kappa shape index (κ2) is 4.94. The van der Waals surface area contributed by atoms with E-state index >= 15 is 0 Å². The van der Waals surface area contributed by atoms with Gasteiger partial charge < -0.3 is 10.5 Å². The van der Waals surface area contributed by atoms with E-state index in [4.69, 9.17) is 10.5 Å². The van der Waals surface area contributed by atoms with Crippen molar-refractivity contribution in [1.82, 2.24) is 0 Å². The molecule has 3 nitrogen and oxygen atoms in total. The third-order valence-electron chi connectivity index (χ3n) is 3.28. The largest absolute Gasteiger partial charge is 0.416 e. The zero-order valence-corrected chi connectivity index (χ0v) is 10.3. The van der Waals surface area contributed by atoms with E-state index in [1.807, 2.05) is 0 Å². The van der Waals surface area contributed by atoms with Crippen molar-refractivity contribution in [1.29, 1.82) is 0 Å². The van der Waals surface area contributed by atoms with Crippen molar-refractivity contribution in [3.63, 3.8) is 0 Å². The molecule has 6 heteroatoms. The zero-order valence-electron chi connectivity index (χ0n) is 10.3. The van der Waals surface area contributed by atoms with Crippen molar-refractivity contribution >= 4 is 5.78 Å². The van der Waals surface area contributed by atoms with E-state index in [1.54, 1.807) is 0 Å². The summed E-state index contributed by atoms with van der Waals surface area (Å²) in [4.78, 5) is 12.2. The molecule has 0 amide bonds. The Balaban J connectivity index is 2.29. The highest BCUT2D eigenvalue weighted by atomic mass is 19.4. The Morgan fingerprint density at radius 1 is 1.37 bits per heavy atom. The van der Waals surface area contributed by atoms with Crippen LogP contribution >= 0.6 is 0 Å². The molecule has 0 aliphatic carbocycles. The summed E-state index contributed by atoms with van der Waals surface area (Å²) in [5.74, 6) is -0.730. The number of hydrogen-bond acceptors (Lipinski definition) is 3. The van der Waals surface area contributed by atoms with E-state index in [0.717, 1.165) is 12.1 Å². The van der Waals surface area contributed by atoms with E-state index in [-0.39, 0.29) is 18.0 Å². The number of rotatable bonds is 2. The Morgan fingerprint density at radius 2 is 2.05 bits per heavy atom. The summed E-state index contributed by atoms with van der Waals surface area (Å²) in [6.45, 7) is 2.01. The molecule has 2 unspecified atom stereocenters. The summed E-state index contributed by atoms with van der Waals surface area (Å²) in [5, 5.41) is 0. The van der Waals surface area contributed by atoms with Crippen LogP contribution in [0, 0.1) is 12.8 Å². The standard InChI is InChI=1S/C13H14F3NO2/c1-7-4-8(13(14,15)16)2-3-9(7)12(18)10-5-19-6-11(10)17/h2-4,10-11H,5-6,17H2,1H3. The third kappa shape index (κ3) is 2.79. The number of halogens is 3. The average Bonchev–Trinajstić information content (AvgIpc) is 2.73. The van der Waals surface area contributed by atoms with E-state index in [9.17, 15) is 18.0 Å². The Kier molecular flexibility index (Phi) is 3.64. The number of nitrogens with two attached hydrogens (primary N) is 1. The normalized spacial score (nSPS) is 23.6. The van der Waals surface area contributed by atoms with Crippen LogP contribution in [0.1, 0.15) is 21.5 Å².